The number of amidine groups is 2. The van der Waals surface area contributed by atoms with Crippen molar-refractivity contribution in [2.24, 2.45) is 9.98 Å². The Bertz CT molecular complexity index is 2840. The van der Waals surface area contributed by atoms with E-state index < -0.39 is 0 Å². The van der Waals surface area contributed by atoms with Gasteiger partial charge in [0.25, 0.3) is 0 Å². The molecule has 1 aliphatic heterocycles. The third-order valence-corrected chi connectivity index (χ3v) is 11.7. The minimum atomic E-state index is -0.284. The fourth-order valence-corrected chi connectivity index (χ4v) is 9.00. The van der Waals surface area contributed by atoms with Crippen LogP contribution in [0.1, 0.15) is 22.9 Å². The molecule has 2 heterocycles. The van der Waals surface area contributed by atoms with Gasteiger partial charge in [-0.1, -0.05) is 194 Å². The highest BCUT2D eigenvalue weighted by atomic mass is 32.1. The predicted molar refractivity (Wildman–Crippen MR) is 233 cm³/mol. The summed E-state index contributed by atoms with van der Waals surface area (Å²) in [6.07, 6.45) is -0.284. The van der Waals surface area contributed by atoms with Gasteiger partial charge in [0.2, 0.25) is 0 Å². The topological polar surface area (TPSA) is 36.8 Å². The largest absolute Gasteiger partial charge is 0.344 e. The van der Waals surface area contributed by atoms with Crippen LogP contribution in [0.15, 0.2) is 210 Å². The SMILES string of the molecule is c1ccc(C2=NC(c3ccc(-c4ccc(-c5ccccc5)cc4)c4sc5c(-c6ccc(-c7ccccc7)cc6)cccc5c34)=NC(c3ccccc3)N2)cc1. The number of benzene rings is 8. The van der Waals surface area contributed by atoms with Crippen LogP contribution in [0.4, 0.5) is 0 Å². The summed E-state index contributed by atoms with van der Waals surface area (Å²) < 4.78 is 2.48. The van der Waals surface area contributed by atoms with Crippen molar-refractivity contribution in [3.63, 3.8) is 0 Å². The number of nitrogens with one attached hydrogen (secondary N) is 1. The Morgan fingerprint density at radius 1 is 0.382 bits per heavy atom. The number of nitrogens with zero attached hydrogens (tertiary/aromatic N) is 2. The highest BCUT2D eigenvalue weighted by molar-refractivity contribution is 7.27. The predicted octanol–water partition coefficient (Wildman–Crippen LogP) is 13.2. The summed E-state index contributed by atoms with van der Waals surface area (Å²) >= 11 is 1.86. The monoisotopic (exact) mass is 721 g/mol. The summed E-state index contributed by atoms with van der Waals surface area (Å²) in [7, 11) is 0. The van der Waals surface area contributed by atoms with Gasteiger partial charge in [-0.05, 0) is 56.1 Å². The molecule has 0 bridgehead atoms. The van der Waals surface area contributed by atoms with Gasteiger partial charge in [0.1, 0.15) is 12.0 Å². The number of aliphatic imine (C=N–C) groups is 2. The Balaban J connectivity index is 1.18. The van der Waals surface area contributed by atoms with E-state index in [-0.39, 0.29) is 6.17 Å². The fourth-order valence-electron chi connectivity index (χ4n) is 7.61. The van der Waals surface area contributed by atoms with Crippen LogP contribution in [-0.2, 0) is 0 Å². The molecule has 0 spiro atoms. The minimum absolute atomic E-state index is 0.284. The number of thiophene rings is 1. The molecule has 0 radical (unpaired) electrons. The van der Waals surface area contributed by atoms with Crippen LogP contribution in [0.2, 0.25) is 0 Å². The molecule has 55 heavy (non-hydrogen) atoms. The van der Waals surface area contributed by atoms with Crippen LogP contribution in [0, 0.1) is 0 Å². The molecule has 0 aliphatic carbocycles. The second kappa shape index (κ2) is 14.2. The number of fused-ring (bicyclic) bond motifs is 3. The van der Waals surface area contributed by atoms with Crippen LogP contribution >= 0.6 is 11.3 Å². The summed E-state index contributed by atoms with van der Waals surface area (Å²) in [5, 5.41) is 6.01. The van der Waals surface area contributed by atoms with E-state index in [4.69, 9.17) is 9.98 Å². The van der Waals surface area contributed by atoms with Crippen LogP contribution in [-0.4, -0.2) is 11.7 Å². The van der Waals surface area contributed by atoms with Crippen LogP contribution in [0.5, 0.6) is 0 Å². The van der Waals surface area contributed by atoms with E-state index in [1.165, 1.54) is 64.7 Å². The zero-order valence-electron chi connectivity index (χ0n) is 29.9. The van der Waals surface area contributed by atoms with Gasteiger partial charge in [0.05, 0.1) is 0 Å². The van der Waals surface area contributed by atoms with Crippen molar-refractivity contribution < 1.29 is 0 Å². The molecule has 10 rings (SSSR count). The smallest absolute Gasteiger partial charge is 0.160 e. The van der Waals surface area contributed by atoms with Crippen LogP contribution in [0.3, 0.4) is 0 Å². The van der Waals surface area contributed by atoms with E-state index in [9.17, 15) is 0 Å². The van der Waals surface area contributed by atoms with Crippen molar-refractivity contribution in [3.8, 4) is 44.5 Å². The van der Waals surface area contributed by atoms with E-state index in [1.807, 2.05) is 23.5 Å². The average Bonchev–Trinajstić information content (AvgIpc) is 3.67. The second-order valence-electron chi connectivity index (χ2n) is 13.8. The zero-order chi connectivity index (χ0) is 36.6. The van der Waals surface area contributed by atoms with Gasteiger partial charge in [-0.25, -0.2) is 9.98 Å². The molecular weight excluding hydrogens is 687 g/mol. The molecule has 1 aliphatic rings. The maximum Gasteiger partial charge on any atom is 0.160 e. The molecule has 1 aromatic heterocycles. The van der Waals surface area contributed by atoms with E-state index in [2.05, 4.69) is 193 Å². The lowest BCUT2D eigenvalue weighted by Gasteiger charge is -2.24. The van der Waals surface area contributed by atoms with Gasteiger partial charge >= 0.3 is 0 Å². The molecule has 1 N–H and O–H groups in total. The molecule has 0 fully saturated rings. The molecular formula is C51H35N3S. The third kappa shape index (κ3) is 6.23. The molecule has 4 heteroatoms. The van der Waals surface area contributed by atoms with Gasteiger partial charge in [-0.2, -0.15) is 0 Å². The Labute approximate surface area is 324 Å². The van der Waals surface area contributed by atoms with Crippen molar-refractivity contribution >= 4 is 43.2 Å². The third-order valence-electron chi connectivity index (χ3n) is 10.4. The fraction of sp³-hybridized carbons (Fsp3) is 0.0196. The first-order valence-electron chi connectivity index (χ1n) is 18.6. The lowest BCUT2D eigenvalue weighted by Crippen LogP contribution is -2.33. The normalized spacial score (nSPS) is 14.0. The molecule has 3 nitrogen and oxygen atoms in total. The van der Waals surface area contributed by atoms with Crippen molar-refractivity contribution in [1.82, 2.24) is 5.32 Å². The first kappa shape index (κ1) is 32.7. The van der Waals surface area contributed by atoms with Crippen molar-refractivity contribution in [1.29, 1.82) is 0 Å². The second-order valence-corrected chi connectivity index (χ2v) is 14.8. The van der Waals surface area contributed by atoms with Gasteiger partial charge in [0, 0.05) is 31.3 Å². The molecule has 0 saturated heterocycles. The minimum Gasteiger partial charge on any atom is -0.344 e. The van der Waals surface area contributed by atoms with Gasteiger partial charge in [0.15, 0.2) is 5.84 Å². The lowest BCUT2D eigenvalue weighted by molar-refractivity contribution is 0.674. The Hall–Kier alpha value is -6.88. The van der Waals surface area contributed by atoms with Gasteiger partial charge in [-0.15, -0.1) is 11.3 Å². The summed E-state index contributed by atoms with van der Waals surface area (Å²) in [5.41, 5.74) is 12.8. The van der Waals surface area contributed by atoms with Crippen LogP contribution < -0.4 is 5.32 Å². The molecule has 1 unspecified atom stereocenters. The van der Waals surface area contributed by atoms with Gasteiger partial charge in [-0.3, -0.25) is 0 Å². The molecule has 260 valence electrons. The number of rotatable bonds is 7. The Morgan fingerprint density at radius 2 is 0.855 bits per heavy atom. The van der Waals surface area contributed by atoms with Crippen LogP contribution in [0.25, 0.3) is 64.7 Å². The summed E-state index contributed by atoms with van der Waals surface area (Å²) in [6, 6.07) is 71.0. The quantitative estimate of drug-likeness (QED) is 0.175. The first-order valence-corrected chi connectivity index (χ1v) is 19.4. The zero-order valence-corrected chi connectivity index (χ0v) is 30.7. The van der Waals surface area contributed by atoms with E-state index >= 15 is 0 Å². The Morgan fingerprint density at radius 3 is 1.44 bits per heavy atom. The summed E-state index contributed by atoms with van der Waals surface area (Å²) in [6.45, 7) is 0. The van der Waals surface area contributed by atoms with Gasteiger partial charge < -0.3 is 5.32 Å². The average molecular weight is 722 g/mol. The molecule has 0 amide bonds. The van der Waals surface area contributed by atoms with E-state index in [1.54, 1.807) is 0 Å². The highest BCUT2D eigenvalue weighted by Gasteiger charge is 2.25. The molecule has 1 atom stereocenters. The highest BCUT2D eigenvalue weighted by Crippen LogP contribution is 2.46. The first-order chi connectivity index (χ1) is 27.3. The number of hydrogen-bond acceptors (Lipinski definition) is 4. The van der Waals surface area contributed by atoms with E-state index in [0.717, 1.165) is 28.4 Å². The Kier molecular flexibility index (Phi) is 8.43. The number of hydrogen-bond donors (Lipinski definition) is 1. The summed E-state index contributed by atoms with van der Waals surface area (Å²) in [4.78, 5) is 10.6. The van der Waals surface area contributed by atoms with E-state index in [0.29, 0.717) is 0 Å². The molecule has 8 aromatic carbocycles. The van der Waals surface area contributed by atoms with Crippen molar-refractivity contribution in [2.45, 2.75) is 6.17 Å². The van der Waals surface area contributed by atoms with Crippen molar-refractivity contribution in [3.05, 3.63) is 217 Å². The summed E-state index contributed by atoms with van der Waals surface area (Å²) in [5.74, 6) is 1.53. The molecule has 0 saturated carbocycles. The lowest BCUT2D eigenvalue weighted by atomic mass is 9.95. The van der Waals surface area contributed by atoms with Crippen molar-refractivity contribution in [2.75, 3.05) is 0 Å². The maximum atomic E-state index is 5.32. The molecule has 9 aromatic rings. The maximum absolute atomic E-state index is 5.32. The standard InChI is InChI=1S/C51H35N3S/c1-5-14-34(15-6-1)36-24-28-38(29-25-36)42-22-13-23-44-46-45(51-53-49(40-18-9-3-10-19-40)52-50(54-51)41-20-11-4-12-21-41)33-32-43(48(46)55-47(42)44)39-30-26-37(27-31-39)35-16-7-2-8-17-35/h1-33,49H,(H,52,53,54).